The molecule has 0 radical (unpaired) electrons. The van der Waals surface area contributed by atoms with E-state index in [-0.39, 0.29) is 24.9 Å². The van der Waals surface area contributed by atoms with E-state index in [1.807, 2.05) is 67.7 Å². The first-order chi connectivity index (χ1) is 20.0. The van der Waals surface area contributed by atoms with Crippen LogP contribution in [0.3, 0.4) is 0 Å². The third kappa shape index (κ3) is 6.27. The van der Waals surface area contributed by atoms with E-state index in [4.69, 9.17) is 4.74 Å². The first-order valence-corrected chi connectivity index (χ1v) is 14.5. The lowest BCUT2D eigenvalue weighted by Gasteiger charge is -2.49. The molecular weight excluding hydrogens is 534 g/mol. The van der Waals surface area contributed by atoms with Crippen molar-refractivity contribution in [2.75, 3.05) is 6.54 Å². The summed E-state index contributed by atoms with van der Waals surface area (Å²) >= 11 is 0. The third-order valence-corrected chi connectivity index (χ3v) is 7.95. The number of rotatable bonds is 7. The molecule has 10 nitrogen and oxygen atoms in total. The molecule has 3 aromatic rings. The fraction of sp³-hybridized carbons (Fsp3) is 0.438. The Labute approximate surface area is 245 Å². The summed E-state index contributed by atoms with van der Waals surface area (Å²) in [6, 6.07) is 15.0. The number of urea groups is 1. The smallest absolute Gasteiger partial charge is 0.408 e. The lowest BCUT2D eigenvalue weighted by molar-refractivity contribution is -0.141. The minimum absolute atomic E-state index is 0.204. The number of para-hydroxylation sites is 1. The number of ether oxygens (including phenoxy) is 1. The van der Waals surface area contributed by atoms with Crippen molar-refractivity contribution in [3.05, 3.63) is 71.9 Å². The van der Waals surface area contributed by atoms with Gasteiger partial charge in [-0.3, -0.25) is 14.5 Å². The minimum atomic E-state index is -0.936. The van der Waals surface area contributed by atoms with Crippen molar-refractivity contribution in [1.29, 1.82) is 0 Å². The van der Waals surface area contributed by atoms with E-state index in [9.17, 15) is 19.2 Å². The molecule has 3 N–H and O–H groups in total. The summed E-state index contributed by atoms with van der Waals surface area (Å²) in [4.78, 5) is 59.9. The topological polar surface area (TPSA) is 124 Å². The average Bonchev–Trinajstić information content (AvgIpc) is 3.36. The lowest BCUT2D eigenvalue weighted by Crippen LogP contribution is -2.69. The number of nitrogens with one attached hydrogen (secondary N) is 3. The van der Waals surface area contributed by atoms with Crippen LogP contribution in [0.5, 0.6) is 0 Å². The Morgan fingerprint density at radius 2 is 1.79 bits per heavy atom. The third-order valence-electron chi connectivity index (χ3n) is 7.95. The zero-order valence-corrected chi connectivity index (χ0v) is 24.6. The summed E-state index contributed by atoms with van der Waals surface area (Å²) < 4.78 is 5.47. The van der Waals surface area contributed by atoms with Crippen LogP contribution in [-0.2, 0) is 27.3 Å². The van der Waals surface area contributed by atoms with Crippen LogP contribution in [0.15, 0.2) is 60.8 Å². The number of carbonyl (C=O) groups is 4. The van der Waals surface area contributed by atoms with Crippen molar-refractivity contribution in [2.45, 2.75) is 77.2 Å². The first-order valence-electron chi connectivity index (χ1n) is 14.5. The molecule has 10 heteroatoms. The summed E-state index contributed by atoms with van der Waals surface area (Å²) in [7, 11) is 0. The molecule has 0 spiro atoms. The Hall–Kier alpha value is -4.34. The second-order valence-corrected chi connectivity index (χ2v) is 12.2. The molecule has 2 aliphatic rings. The van der Waals surface area contributed by atoms with Gasteiger partial charge < -0.3 is 25.3 Å². The molecule has 0 unspecified atom stereocenters. The predicted molar refractivity (Wildman–Crippen MR) is 158 cm³/mol. The fourth-order valence-electron chi connectivity index (χ4n) is 6.03. The van der Waals surface area contributed by atoms with Crippen LogP contribution in [0.25, 0.3) is 10.9 Å². The molecule has 5 rings (SSSR count). The molecule has 5 amide bonds. The van der Waals surface area contributed by atoms with Crippen molar-refractivity contribution >= 4 is 34.8 Å². The number of H-pyrrole nitrogens is 1. The molecule has 42 heavy (non-hydrogen) atoms. The summed E-state index contributed by atoms with van der Waals surface area (Å²) in [6.45, 7) is 7.81. The number of benzene rings is 2. The number of hydrogen-bond acceptors (Lipinski definition) is 5. The number of fused-ring (bicyclic) bond motifs is 2. The quantitative estimate of drug-likeness (QED) is 0.388. The van der Waals surface area contributed by atoms with Crippen molar-refractivity contribution in [3.8, 4) is 0 Å². The van der Waals surface area contributed by atoms with Crippen LogP contribution in [0.2, 0.25) is 0 Å². The summed E-state index contributed by atoms with van der Waals surface area (Å²) in [5.74, 6) is -1.16. The van der Waals surface area contributed by atoms with Gasteiger partial charge in [-0.05, 0) is 50.8 Å². The highest BCUT2D eigenvalue weighted by Crippen LogP contribution is 2.32. The van der Waals surface area contributed by atoms with Gasteiger partial charge in [0.05, 0.1) is 24.5 Å². The maximum absolute atomic E-state index is 13.8. The Kier molecular flexibility index (Phi) is 8.24. The highest BCUT2D eigenvalue weighted by atomic mass is 16.6. The Morgan fingerprint density at radius 1 is 1.07 bits per heavy atom. The van der Waals surface area contributed by atoms with Gasteiger partial charge in [-0.1, -0.05) is 55.5 Å². The summed E-state index contributed by atoms with van der Waals surface area (Å²) in [5.41, 5.74) is 1.94. The fourth-order valence-corrected chi connectivity index (χ4v) is 6.03. The SMILES string of the molecule is C[C@H]1C(=O)N(Cc2ccccc2)C(=O)N2CCC[C@H](NC(=O)[C@@H](Cc3c[nH]c4ccccc34)NC(=O)OC(C)(C)C)[C@H]12. The molecule has 222 valence electrons. The monoisotopic (exact) mass is 573 g/mol. The van der Waals surface area contributed by atoms with Gasteiger partial charge in [0.1, 0.15) is 11.6 Å². The maximum Gasteiger partial charge on any atom is 0.408 e. The average molecular weight is 574 g/mol. The van der Waals surface area contributed by atoms with E-state index in [0.29, 0.717) is 19.4 Å². The second kappa shape index (κ2) is 11.9. The Bertz CT molecular complexity index is 1460. The Balaban J connectivity index is 1.35. The van der Waals surface area contributed by atoms with Crippen LogP contribution in [0.4, 0.5) is 9.59 Å². The summed E-state index contributed by atoms with van der Waals surface area (Å²) in [6.07, 6.45) is 2.67. The zero-order chi connectivity index (χ0) is 30.0. The highest BCUT2D eigenvalue weighted by Gasteiger charge is 2.49. The normalized spacial score (nSPS) is 21.6. The zero-order valence-electron chi connectivity index (χ0n) is 24.6. The molecule has 0 saturated carbocycles. The number of alkyl carbamates (subject to hydrolysis) is 1. The van der Waals surface area contributed by atoms with Gasteiger partial charge in [0, 0.05) is 30.1 Å². The largest absolute Gasteiger partial charge is 0.444 e. The van der Waals surface area contributed by atoms with Gasteiger partial charge in [0.15, 0.2) is 0 Å². The van der Waals surface area contributed by atoms with Gasteiger partial charge in [-0.25, -0.2) is 9.59 Å². The minimum Gasteiger partial charge on any atom is -0.444 e. The van der Waals surface area contributed by atoms with Crippen LogP contribution in [0, 0.1) is 5.92 Å². The number of hydrogen-bond donors (Lipinski definition) is 3. The standard InChI is InChI=1S/C32H39N5O5/c1-20-27-25(15-10-16-36(27)31(41)37(29(20)39)19-21-11-6-5-7-12-21)34-28(38)26(35-30(40)42-32(2,3)4)17-22-18-33-24-14-9-8-13-23(22)24/h5-9,11-14,18,20,25-27,33H,10,15-17,19H2,1-4H3,(H,34,38)(H,35,40)/t20-,25+,26-,27+/m1/s1. The van der Waals surface area contributed by atoms with Crippen LogP contribution in [0.1, 0.15) is 51.7 Å². The van der Waals surface area contributed by atoms with E-state index in [1.54, 1.807) is 25.7 Å². The molecule has 0 bridgehead atoms. The van der Waals surface area contributed by atoms with Crippen LogP contribution in [-0.4, -0.2) is 69.0 Å². The van der Waals surface area contributed by atoms with E-state index < -0.39 is 41.6 Å². The molecule has 2 fully saturated rings. The molecule has 0 aliphatic carbocycles. The first kappa shape index (κ1) is 29.2. The molecule has 2 aliphatic heterocycles. The second-order valence-electron chi connectivity index (χ2n) is 12.2. The van der Waals surface area contributed by atoms with Gasteiger partial charge in [0.25, 0.3) is 0 Å². The number of nitrogens with zero attached hydrogens (tertiary/aromatic N) is 2. The van der Waals surface area contributed by atoms with E-state index >= 15 is 0 Å². The van der Waals surface area contributed by atoms with Crippen LogP contribution < -0.4 is 10.6 Å². The number of amides is 5. The number of imide groups is 1. The number of piperidine rings is 1. The maximum atomic E-state index is 13.8. The van der Waals surface area contributed by atoms with Crippen molar-refractivity contribution in [1.82, 2.24) is 25.4 Å². The number of carbonyl (C=O) groups excluding carboxylic acids is 4. The molecule has 1 aromatic heterocycles. The molecule has 2 saturated heterocycles. The van der Waals surface area contributed by atoms with Gasteiger partial charge in [-0.2, -0.15) is 0 Å². The molecule has 4 atom stereocenters. The highest BCUT2D eigenvalue weighted by molar-refractivity contribution is 5.99. The van der Waals surface area contributed by atoms with Crippen molar-refractivity contribution in [3.63, 3.8) is 0 Å². The molecular formula is C32H39N5O5. The van der Waals surface area contributed by atoms with Crippen molar-refractivity contribution in [2.24, 2.45) is 5.92 Å². The van der Waals surface area contributed by atoms with E-state index in [0.717, 1.165) is 22.0 Å². The lowest BCUT2D eigenvalue weighted by atomic mass is 9.84. The molecule has 2 aromatic carbocycles. The predicted octanol–water partition coefficient (Wildman–Crippen LogP) is 4.35. The summed E-state index contributed by atoms with van der Waals surface area (Å²) in [5, 5.41) is 6.82. The van der Waals surface area contributed by atoms with E-state index in [1.165, 1.54) is 4.90 Å². The van der Waals surface area contributed by atoms with Crippen LogP contribution >= 0.6 is 0 Å². The Morgan fingerprint density at radius 3 is 2.52 bits per heavy atom. The van der Waals surface area contributed by atoms with Crippen molar-refractivity contribution < 1.29 is 23.9 Å². The van der Waals surface area contributed by atoms with Gasteiger partial charge in [0.2, 0.25) is 11.8 Å². The van der Waals surface area contributed by atoms with E-state index in [2.05, 4.69) is 15.6 Å². The number of aromatic nitrogens is 1. The molecule has 3 heterocycles. The number of aromatic amines is 1. The van der Waals surface area contributed by atoms with Gasteiger partial charge >= 0.3 is 12.1 Å². The van der Waals surface area contributed by atoms with Gasteiger partial charge in [-0.15, -0.1) is 0 Å².